The van der Waals surface area contributed by atoms with E-state index in [9.17, 15) is 8.42 Å². The number of nitrogens with zero attached hydrogens (tertiary/aromatic N) is 2. The van der Waals surface area contributed by atoms with Crippen molar-refractivity contribution in [3.05, 3.63) is 35.4 Å². The predicted octanol–water partition coefficient (Wildman–Crippen LogP) is 2.00. The Balaban J connectivity index is 0.00000338. The van der Waals surface area contributed by atoms with Gasteiger partial charge in [0.2, 0.25) is 0 Å². The minimum atomic E-state index is -2.88. The maximum atomic E-state index is 11.5. The lowest BCUT2D eigenvalue weighted by Crippen LogP contribution is -2.43. The molecule has 0 saturated carbocycles. The average molecular weight is 494 g/mol. The molecule has 1 aliphatic rings. The second-order valence-electron chi connectivity index (χ2n) is 6.45. The third-order valence-electron chi connectivity index (χ3n) is 4.58. The van der Waals surface area contributed by atoms with Gasteiger partial charge in [-0.1, -0.05) is 38.1 Å². The van der Waals surface area contributed by atoms with Crippen molar-refractivity contribution in [1.29, 1.82) is 0 Å². The van der Waals surface area contributed by atoms with Crippen molar-refractivity contribution in [2.75, 3.05) is 31.6 Å². The van der Waals surface area contributed by atoms with Gasteiger partial charge in [-0.3, -0.25) is 9.89 Å². The molecule has 26 heavy (non-hydrogen) atoms. The fourth-order valence-electron chi connectivity index (χ4n) is 2.95. The lowest BCUT2D eigenvalue weighted by Gasteiger charge is -2.18. The van der Waals surface area contributed by atoms with Crippen molar-refractivity contribution in [2.24, 2.45) is 4.99 Å². The molecule has 0 radical (unpaired) electrons. The number of hydrogen-bond donors (Lipinski definition) is 2. The number of aliphatic imine (C=N–C) groups is 1. The van der Waals surface area contributed by atoms with Gasteiger partial charge in [0.15, 0.2) is 15.8 Å². The van der Waals surface area contributed by atoms with Crippen LogP contribution in [0.1, 0.15) is 31.4 Å². The first kappa shape index (κ1) is 23.2. The SMILES string of the molecule is CCN(CC)Cc1ccc(CNC(=NC)NC2CCS(=O)(=O)C2)cc1.I. The van der Waals surface area contributed by atoms with Crippen LogP contribution in [0.5, 0.6) is 0 Å². The van der Waals surface area contributed by atoms with Crippen molar-refractivity contribution in [1.82, 2.24) is 15.5 Å². The second-order valence-corrected chi connectivity index (χ2v) is 8.68. The summed E-state index contributed by atoms with van der Waals surface area (Å²) in [5, 5.41) is 6.45. The summed E-state index contributed by atoms with van der Waals surface area (Å²) in [4.78, 5) is 6.57. The zero-order chi connectivity index (χ0) is 18.3. The average Bonchev–Trinajstić information content (AvgIpc) is 2.96. The number of halogens is 1. The zero-order valence-electron chi connectivity index (χ0n) is 15.9. The smallest absolute Gasteiger partial charge is 0.191 e. The monoisotopic (exact) mass is 494 g/mol. The molecule has 1 atom stereocenters. The molecule has 2 N–H and O–H groups in total. The van der Waals surface area contributed by atoms with E-state index in [2.05, 4.69) is 58.6 Å². The molecule has 1 unspecified atom stereocenters. The molecular formula is C18H31IN4O2S. The zero-order valence-corrected chi connectivity index (χ0v) is 19.0. The normalized spacial score (nSPS) is 19.2. The molecule has 1 heterocycles. The second kappa shape index (κ2) is 11.1. The number of sulfone groups is 1. The van der Waals surface area contributed by atoms with Crippen LogP contribution in [0.4, 0.5) is 0 Å². The lowest BCUT2D eigenvalue weighted by atomic mass is 10.1. The number of hydrogen-bond acceptors (Lipinski definition) is 4. The topological polar surface area (TPSA) is 73.8 Å². The van der Waals surface area contributed by atoms with Crippen molar-refractivity contribution in [3.63, 3.8) is 0 Å². The van der Waals surface area contributed by atoms with Gasteiger partial charge in [-0.05, 0) is 30.6 Å². The highest BCUT2D eigenvalue weighted by Gasteiger charge is 2.28. The lowest BCUT2D eigenvalue weighted by molar-refractivity contribution is 0.296. The first-order chi connectivity index (χ1) is 12.0. The van der Waals surface area contributed by atoms with Gasteiger partial charge in [0, 0.05) is 26.2 Å². The Labute approximate surface area is 174 Å². The first-order valence-electron chi connectivity index (χ1n) is 8.93. The van der Waals surface area contributed by atoms with E-state index >= 15 is 0 Å². The molecule has 0 aromatic heterocycles. The van der Waals surface area contributed by atoms with Crippen LogP contribution in [-0.4, -0.2) is 57.0 Å². The van der Waals surface area contributed by atoms with E-state index in [1.165, 1.54) is 11.1 Å². The molecule has 0 spiro atoms. The van der Waals surface area contributed by atoms with Crippen molar-refractivity contribution in [2.45, 2.75) is 39.4 Å². The highest BCUT2D eigenvalue weighted by Crippen LogP contribution is 2.11. The van der Waals surface area contributed by atoms with Crippen LogP contribution in [0.15, 0.2) is 29.3 Å². The third-order valence-corrected chi connectivity index (χ3v) is 6.35. The van der Waals surface area contributed by atoms with Crippen LogP contribution in [0.3, 0.4) is 0 Å². The Morgan fingerprint density at radius 3 is 2.31 bits per heavy atom. The molecule has 2 rings (SSSR count). The van der Waals surface area contributed by atoms with Crippen LogP contribution in [-0.2, 0) is 22.9 Å². The van der Waals surface area contributed by atoms with Gasteiger partial charge in [0.1, 0.15) is 0 Å². The van der Waals surface area contributed by atoms with Crippen molar-refractivity contribution in [3.8, 4) is 0 Å². The summed E-state index contributed by atoms with van der Waals surface area (Å²) in [6, 6.07) is 8.52. The largest absolute Gasteiger partial charge is 0.353 e. The number of rotatable bonds is 7. The minimum absolute atomic E-state index is 0. The molecule has 6 nitrogen and oxygen atoms in total. The molecule has 1 fully saturated rings. The summed E-state index contributed by atoms with van der Waals surface area (Å²) in [6.45, 7) is 8.09. The number of guanidine groups is 1. The Kier molecular flexibility index (Phi) is 9.88. The quantitative estimate of drug-likeness (QED) is 0.345. The van der Waals surface area contributed by atoms with Gasteiger partial charge < -0.3 is 10.6 Å². The molecule has 0 amide bonds. The maximum absolute atomic E-state index is 11.5. The molecule has 1 aliphatic heterocycles. The first-order valence-corrected chi connectivity index (χ1v) is 10.8. The fourth-order valence-corrected chi connectivity index (χ4v) is 4.62. The summed E-state index contributed by atoms with van der Waals surface area (Å²) < 4.78 is 23.1. The van der Waals surface area contributed by atoms with E-state index in [0.29, 0.717) is 18.9 Å². The molecule has 0 aliphatic carbocycles. The Bertz CT molecular complexity index is 673. The van der Waals surface area contributed by atoms with E-state index in [1.807, 2.05) is 0 Å². The fraction of sp³-hybridized carbons (Fsp3) is 0.611. The Hall–Kier alpha value is -0.870. The van der Waals surface area contributed by atoms with Crippen LogP contribution < -0.4 is 10.6 Å². The Morgan fingerprint density at radius 2 is 1.81 bits per heavy atom. The molecule has 0 bridgehead atoms. The van der Waals surface area contributed by atoms with Gasteiger partial charge in [0.05, 0.1) is 11.5 Å². The van der Waals surface area contributed by atoms with E-state index in [0.717, 1.165) is 19.6 Å². The Morgan fingerprint density at radius 1 is 1.19 bits per heavy atom. The van der Waals surface area contributed by atoms with Crippen LogP contribution in [0.25, 0.3) is 0 Å². The summed E-state index contributed by atoms with van der Waals surface area (Å²) >= 11 is 0. The van der Waals surface area contributed by atoms with Crippen LogP contribution in [0.2, 0.25) is 0 Å². The van der Waals surface area contributed by atoms with Gasteiger partial charge >= 0.3 is 0 Å². The summed E-state index contributed by atoms with van der Waals surface area (Å²) in [6.07, 6.45) is 0.642. The maximum Gasteiger partial charge on any atom is 0.191 e. The highest BCUT2D eigenvalue weighted by molar-refractivity contribution is 14.0. The van der Waals surface area contributed by atoms with Crippen molar-refractivity contribution < 1.29 is 8.42 Å². The molecule has 1 saturated heterocycles. The number of nitrogens with one attached hydrogen (secondary N) is 2. The van der Waals surface area contributed by atoms with E-state index in [-0.39, 0.29) is 41.5 Å². The standard InChI is InChI=1S/C18H30N4O2S.HI/c1-4-22(5-2)13-16-8-6-15(7-9-16)12-20-18(19-3)21-17-10-11-25(23,24)14-17;/h6-9,17H,4-5,10-14H2,1-3H3,(H2,19,20,21);1H. The predicted molar refractivity (Wildman–Crippen MR) is 119 cm³/mol. The van der Waals surface area contributed by atoms with Crippen molar-refractivity contribution >= 4 is 39.8 Å². The van der Waals surface area contributed by atoms with Gasteiger partial charge in [-0.2, -0.15) is 0 Å². The molecular weight excluding hydrogens is 463 g/mol. The van der Waals surface area contributed by atoms with E-state index < -0.39 is 9.84 Å². The van der Waals surface area contributed by atoms with E-state index in [4.69, 9.17) is 0 Å². The van der Waals surface area contributed by atoms with Crippen LogP contribution in [0, 0.1) is 0 Å². The van der Waals surface area contributed by atoms with Crippen LogP contribution >= 0.6 is 24.0 Å². The van der Waals surface area contributed by atoms with Gasteiger partial charge in [-0.25, -0.2) is 8.42 Å². The molecule has 8 heteroatoms. The summed E-state index contributed by atoms with van der Waals surface area (Å²) in [5.41, 5.74) is 2.48. The highest BCUT2D eigenvalue weighted by atomic mass is 127. The summed E-state index contributed by atoms with van der Waals surface area (Å²) in [5.74, 6) is 1.10. The minimum Gasteiger partial charge on any atom is -0.353 e. The molecule has 148 valence electrons. The van der Waals surface area contributed by atoms with Gasteiger partial charge in [-0.15, -0.1) is 24.0 Å². The molecule has 1 aromatic carbocycles. The number of benzene rings is 1. The third kappa shape index (κ3) is 7.40. The van der Waals surface area contributed by atoms with E-state index in [1.54, 1.807) is 7.05 Å². The molecule has 1 aromatic rings. The van der Waals surface area contributed by atoms with Gasteiger partial charge in [0.25, 0.3) is 0 Å². The summed E-state index contributed by atoms with van der Waals surface area (Å²) in [7, 11) is -1.18.